The molecule has 1 aliphatic carbocycles. The van der Waals surface area contributed by atoms with Crippen LogP contribution in [0.4, 0.5) is 4.39 Å². The van der Waals surface area contributed by atoms with Crippen LogP contribution in [0.5, 0.6) is 0 Å². The van der Waals surface area contributed by atoms with Gasteiger partial charge in [0.25, 0.3) is 0 Å². The summed E-state index contributed by atoms with van der Waals surface area (Å²) in [4.78, 5) is 13.9. The fraction of sp³-hybridized carbons (Fsp3) is 0.273. The van der Waals surface area contributed by atoms with Crippen LogP contribution in [0.1, 0.15) is 6.42 Å². The van der Waals surface area contributed by atoms with Gasteiger partial charge in [0.15, 0.2) is 0 Å². The summed E-state index contributed by atoms with van der Waals surface area (Å²) in [5.74, 6) is -2.48. The first kappa shape index (κ1) is 13.6. The van der Waals surface area contributed by atoms with Gasteiger partial charge in [0.05, 0.1) is 12.1 Å². The molecule has 0 saturated heterocycles. The molecule has 1 aliphatic rings. The van der Waals surface area contributed by atoms with E-state index >= 15 is 0 Å². The molecule has 1 aromatic rings. The molecule has 2 N–H and O–H groups in total. The maximum absolute atomic E-state index is 12.9. The van der Waals surface area contributed by atoms with Crippen molar-refractivity contribution in [2.24, 2.45) is 5.92 Å². The molecule has 0 radical (unpaired) electrons. The second-order valence-corrected chi connectivity index (χ2v) is 5.85. The number of halogens is 1. The van der Waals surface area contributed by atoms with Gasteiger partial charge in [0.1, 0.15) is 10.7 Å². The first-order chi connectivity index (χ1) is 8.88. The number of carboxylic acid groups (broad SMARTS) is 1. The number of aliphatic carboxylic acids is 1. The lowest BCUT2D eigenvalue weighted by molar-refractivity contribution is -0.140. The number of nitrogens with zero attached hydrogens (tertiary/aromatic N) is 1. The number of nitrogens with one attached hydrogen (secondary N) is 1. The smallest absolute Gasteiger partial charge is 0.310 e. The second-order valence-electron chi connectivity index (χ2n) is 4.13. The third-order valence-corrected chi connectivity index (χ3v) is 4.15. The number of aromatic nitrogens is 1. The largest absolute Gasteiger partial charge is 0.481 e. The molecule has 8 heteroatoms. The highest BCUT2D eigenvalue weighted by Gasteiger charge is 2.28. The summed E-state index contributed by atoms with van der Waals surface area (Å²) >= 11 is 0. The molecule has 2 unspecified atom stereocenters. The lowest BCUT2D eigenvalue weighted by Crippen LogP contribution is -2.33. The SMILES string of the molecule is O=C(O)C1C=CC(NS(=O)(=O)c2cncc(F)c2)C1. The van der Waals surface area contributed by atoms with Crippen molar-refractivity contribution in [3.8, 4) is 0 Å². The van der Waals surface area contributed by atoms with Crippen LogP contribution in [0.15, 0.2) is 35.5 Å². The minimum atomic E-state index is -3.91. The predicted molar refractivity (Wildman–Crippen MR) is 63.2 cm³/mol. The number of hydrogen-bond acceptors (Lipinski definition) is 4. The summed E-state index contributed by atoms with van der Waals surface area (Å²) in [5, 5.41) is 8.79. The summed E-state index contributed by atoms with van der Waals surface area (Å²) in [6.45, 7) is 0. The highest BCUT2D eigenvalue weighted by Crippen LogP contribution is 2.20. The van der Waals surface area contributed by atoms with Crippen LogP contribution in [0, 0.1) is 11.7 Å². The van der Waals surface area contributed by atoms with Gasteiger partial charge in [-0.1, -0.05) is 12.2 Å². The molecular weight excluding hydrogens is 275 g/mol. The van der Waals surface area contributed by atoms with Crippen LogP contribution in [0.3, 0.4) is 0 Å². The summed E-state index contributed by atoms with van der Waals surface area (Å²) < 4.78 is 39.1. The minimum absolute atomic E-state index is 0.136. The van der Waals surface area contributed by atoms with Crippen LogP contribution >= 0.6 is 0 Å². The fourth-order valence-electron chi connectivity index (χ4n) is 1.78. The van der Waals surface area contributed by atoms with Crippen LogP contribution < -0.4 is 4.72 Å². The molecule has 6 nitrogen and oxygen atoms in total. The molecule has 2 atom stereocenters. The van der Waals surface area contributed by atoms with Crippen LogP contribution in [-0.4, -0.2) is 30.5 Å². The Morgan fingerprint density at radius 3 is 2.74 bits per heavy atom. The van der Waals surface area contributed by atoms with Crippen molar-refractivity contribution in [3.05, 3.63) is 36.4 Å². The number of hydrogen-bond donors (Lipinski definition) is 2. The molecule has 0 aromatic carbocycles. The summed E-state index contributed by atoms with van der Waals surface area (Å²) in [7, 11) is -3.91. The van der Waals surface area contributed by atoms with Gasteiger partial charge in [0.2, 0.25) is 10.0 Å². The van der Waals surface area contributed by atoms with E-state index in [-0.39, 0.29) is 11.3 Å². The van der Waals surface area contributed by atoms with Crippen molar-refractivity contribution in [3.63, 3.8) is 0 Å². The lowest BCUT2D eigenvalue weighted by Gasteiger charge is -2.12. The Morgan fingerprint density at radius 2 is 2.16 bits per heavy atom. The molecule has 0 amide bonds. The monoisotopic (exact) mass is 286 g/mol. The van der Waals surface area contributed by atoms with Gasteiger partial charge in [-0.05, 0) is 12.5 Å². The van der Waals surface area contributed by atoms with Gasteiger partial charge in [-0.2, -0.15) is 0 Å². The van der Waals surface area contributed by atoms with E-state index in [4.69, 9.17) is 5.11 Å². The molecule has 0 spiro atoms. The maximum Gasteiger partial charge on any atom is 0.310 e. The lowest BCUT2D eigenvalue weighted by atomic mass is 10.1. The minimum Gasteiger partial charge on any atom is -0.481 e. The third kappa shape index (κ3) is 3.15. The fourth-order valence-corrected chi connectivity index (χ4v) is 2.95. The van der Waals surface area contributed by atoms with Gasteiger partial charge >= 0.3 is 5.97 Å². The summed E-state index contributed by atoms with van der Waals surface area (Å²) in [5.41, 5.74) is 0. The molecule has 0 aliphatic heterocycles. The van der Waals surface area contributed by atoms with Gasteiger partial charge in [0, 0.05) is 12.2 Å². The average Bonchev–Trinajstić information content (AvgIpc) is 2.77. The number of pyridine rings is 1. The van der Waals surface area contributed by atoms with Crippen molar-refractivity contribution in [1.82, 2.24) is 9.71 Å². The van der Waals surface area contributed by atoms with Crippen molar-refractivity contribution in [2.45, 2.75) is 17.4 Å². The van der Waals surface area contributed by atoms with Crippen LogP contribution in [0.2, 0.25) is 0 Å². The molecule has 2 rings (SSSR count). The number of sulfonamides is 1. The number of rotatable bonds is 4. The Labute approximate surface area is 109 Å². The number of carboxylic acids is 1. The molecular formula is C11H11FN2O4S. The normalized spacial score (nSPS) is 22.6. The van der Waals surface area contributed by atoms with E-state index in [1.807, 2.05) is 0 Å². The van der Waals surface area contributed by atoms with E-state index in [0.29, 0.717) is 0 Å². The molecule has 1 aromatic heterocycles. The van der Waals surface area contributed by atoms with Crippen molar-refractivity contribution >= 4 is 16.0 Å². The van der Waals surface area contributed by atoms with Crippen LogP contribution in [-0.2, 0) is 14.8 Å². The van der Waals surface area contributed by atoms with Crippen molar-refractivity contribution in [1.29, 1.82) is 0 Å². The second kappa shape index (κ2) is 5.06. The first-order valence-electron chi connectivity index (χ1n) is 5.42. The molecule has 1 heterocycles. The van der Waals surface area contributed by atoms with Crippen molar-refractivity contribution in [2.75, 3.05) is 0 Å². The summed E-state index contributed by atoms with van der Waals surface area (Å²) in [6.07, 6.45) is 4.97. The average molecular weight is 286 g/mol. The standard InChI is InChI=1S/C11H11FN2O4S/c12-8-4-10(6-13-5-8)19(17,18)14-9-2-1-7(3-9)11(15)16/h1-2,4-7,9,14H,3H2,(H,15,16). The Balaban J connectivity index is 2.11. The first-order valence-corrected chi connectivity index (χ1v) is 6.91. The van der Waals surface area contributed by atoms with E-state index in [9.17, 15) is 17.6 Å². The third-order valence-electron chi connectivity index (χ3n) is 2.70. The number of carbonyl (C=O) groups is 1. The molecule has 0 bridgehead atoms. The van der Waals surface area contributed by atoms with E-state index in [2.05, 4.69) is 9.71 Å². The molecule has 0 saturated carbocycles. The van der Waals surface area contributed by atoms with Crippen molar-refractivity contribution < 1.29 is 22.7 Å². The summed E-state index contributed by atoms with van der Waals surface area (Å²) in [6, 6.07) is 0.234. The highest BCUT2D eigenvalue weighted by atomic mass is 32.2. The van der Waals surface area contributed by atoms with Crippen LogP contribution in [0.25, 0.3) is 0 Å². The van der Waals surface area contributed by atoms with Gasteiger partial charge in [-0.25, -0.2) is 17.5 Å². The highest BCUT2D eigenvalue weighted by molar-refractivity contribution is 7.89. The predicted octanol–water partition coefficient (Wildman–Crippen LogP) is 0.528. The van der Waals surface area contributed by atoms with Gasteiger partial charge < -0.3 is 5.11 Å². The van der Waals surface area contributed by atoms with Gasteiger partial charge in [-0.15, -0.1) is 0 Å². The topological polar surface area (TPSA) is 96.4 Å². The Hall–Kier alpha value is -1.80. The molecule has 0 fully saturated rings. The van der Waals surface area contributed by atoms with E-state index < -0.39 is 33.8 Å². The van der Waals surface area contributed by atoms with E-state index in [0.717, 1.165) is 18.5 Å². The zero-order valence-electron chi connectivity index (χ0n) is 9.65. The molecule has 19 heavy (non-hydrogen) atoms. The van der Waals surface area contributed by atoms with Gasteiger partial charge in [-0.3, -0.25) is 9.78 Å². The van der Waals surface area contributed by atoms with E-state index in [1.165, 1.54) is 12.2 Å². The molecule has 102 valence electrons. The maximum atomic E-state index is 12.9. The Kier molecular flexibility index (Phi) is 3.63. The Bertz CT molecular complexity index is 629. The quantitative estimate of drug-likeness (QED) is 0.787. The Morgan fingerprint density at radius 1 is 1.42 bits per heavy atom. The zero-order valence-corrected chi connectivity index (χ0v) is 10.5. The van der Waals surface area contributed by atoms with E-state index in [1.54, 1.807) is 0 Å². The zero-order chi connectivity index (χ0) is 14.0.